The summed E-state index contributed by atoms with van der Waals surface area (Å²) in [5.74, 6) is 0. The molecule has 0 aromatic carbocycles. The molecule has 0 amide bonds. The Labute approximate surface area is 109 Å². The van der Waals surface area contributed by atoms with Crippen LogP contribution in [-0.2, 0) is 0 Å². The fourth-order valence-electron chi connectivity index (χ4n) is 2.29. The van der Waals surface area contributed by atoms with Gasteiger partial charge in [-0.2, -0.15) is 0 Å². The van der Waals surface area contributed by atoms with Crippen LogP contribution < -0.4 is 0 Å². The normalized spacial score (nSPS) is 21.5. The van der Waals surface area contributed by atoms with E-state index in [1.54, 1.807) is 0 Å². The minimum absolute atomic E-state index is 0. The fourth-order valence-corrected chi connectivity index (χ4v) is 2.29. The van der Waals surface area contributed by atoms with Crippen molar-refractivity contribution < 1.29 is 0 Å². The first kappa shape index (κ1) is 16.9. The molecule has 0 spiro atoms. The molecule has 0 unspecified atom stereocenters. The molecule has 17 heavy (non-hydrogen) atoms. The van der Waals surface area contributed by atoms with E-state index in [-0.39, 0.29) is 7.43 Å². The zero-order valence-corrected chi connectivity index (χ0v) is 11.7. The third kappa shape index (κ3) is 6.42. The summed E-state index contributed by atoms with van der Waals surface area (Å²) in [6.45, 7) is 14.4. The SMILES string of the molecule is C.CC(C)N1CCC1.CC(C)N1CCCCC1. The van der Waals surface area contributed by atoms with Gasteiger partial charge in [0, 0.05) is 12.1 Å². The van der Waals surface area contributed by atoms with E-state index in [1.807, 2.05) is 0 Å². The van der Waals surface area contributed by atoms with Crippen molar-refractivity contribution >= 4 is 0 Å². The highest BCUT2D eigenvalue weighted by Crippen LogP contribution is 2.10. The molecule has 0 aliphatic carbocycles. The van der Waals surface area contributed by atoms with E-state index in [9.17, 15) is 0 Å². The van der Waals surface area contributed by atoms with Gasteiger partial charge < -0.3 is 9.80 Å². The van der Waals surface area contributed by atoms with Crippen LogP contribution in [0.4, 0.5) is 0 Å². The lowest BCUT2D eigenvalue weighted by atomic mass is 10.1. The standard InChI is InChI=1S/C8H17N.C6H13N.CH4/c1-8(2)9-6-4-3-5-7-9;1-6(2)7-4-3-5-7;/h8H,3-7H2,1-2H3;6H,3-5H2,1-2H3;1H4. The highest BCUT2D eigenvalue weighted by atomic mass is 15.2. The molecule has 2 fully saturated rings. The second kappa shape index (κ2) is 8.93. The summed E-state index contributed by atoms with van der Waals surface area (Å²) < 4.78 is 0. The minimum Gasteiger partial charge on any atom is -0.301 e. The topological polar surface area (TPSA) is 6.48 Å². The van der Waals surface area contributed by atoms with Gasteiger partial charge in [0.2, 0.25) is 0 Å². The van der Waals surface area contributed by atoms with Gasteiger partial charge in [-0.25, -0.2) is 0 Å². The third-order valence-corrected chi connectivity index (χ3v) is 3.74. The highest BCUT2D eigenvalue weighted by molar-refractivity contribution is 4.71. The summed E-state index contributed by atoms with van der Waals surface area (Å²) in [5, 5.41) is 0. The summed E-state index contributed by atoms with van der Waals surface area (Å²) in [6, 6.07) is 1.55. The molecule has 2 aliphatic heterocycles. The van der Waals surface area contributed by atoms with Gasteiger partial charge in [0.25, 0.3) is 0 Å². The Hall–Kier alpha value is -0.0800. The summed E-state index contributed by atoms with van der Waals surface area (Å²) in [6.07, 6.45) is 5.69. The number of nitrogens with zero attached hydrogens (tertiary/aromatic N) is 2. The van der Waals surface area contributed by atoms with Crippen molar-refractivity contribution in [3.8, 4) is 0 Å². The van der Waals surface area contributed by atoms with Crippen LogP contribution in [0.3, 0.4) is 0 Å². The van der Waals surface area contributed by atoms with Crippen molar-refractivity contribution in [2.45, 2.75) is 72.9 Å². The number of rotatable bonds is 2. The molecule has 0 bridgehead atoms. The van der Waals surface area contributed by atoms with Crippen molar-refractivity contribution in [1.82, 2.24) is 9.80 Å². The second-order valence-electron chi connectivity index (χ2n) is 5.67. The van der Waals surface area contributed by atoms with Gasteiger partial charge in [0.1, 0.15) is 0 Å². The molecule has 104 valence electrons. The largest absolute Gasteiger partial charge is 0.301 e. The van der Waals surface area contributed by atoms with E-state index in [0.29, 0.717) is 0 Å². The quantitative estimate of drug-likeness (QED) is 0.730. The van der Waals surface area contributed by atoms with E-state index in [0.717, 1.165) is 12.1 Å². The van der Waals surface area contributed by atoms with Crippen LogP contribution in [0.2, 0.25) is 0 Å². The highest BCUT2D eigenvalue weighted by Gasteiger charge is 2.15. The molecule has 2 heterocycles. The number of piperidine rings is 1. The Morgan fingerprint density at radius 3 is 1.12 bits per heavy atom. The maximum Gasteiger partial charge on any atom is 0.00386 e. The molecule has 2 nitrogen and oxygen atoms in total. The van der Waals surface area contributed by atoms with E-state index in [1.165, 1.54) is 51.9 Å². The minimum atomic E-state index is 0. The monoisotopic (exact) mass is 242 g/mol. The average molecular weight is 242 g/mol. The van der Waals surface area contributed by atoms with Gasteiger partial charge in [0.05, 0.1) is 0 Å². The van der Waals surface area contributed by atoms with Crippen LogP contribution in [0.25, 0.3) is 0 Å². The van der Waals surface area contributed by atoms with Gasteiger partial charge in [-0.1, -0.05) is 13.8 Å². The van der Waals surface area contributed by atoms with Crippen LogP contribution >= 0.6 is 0 Å². The molecule has 2 aliphatic rings. The maximum absolute atomic E-state index is 2.56. The van der Waals surface area contributed by atoms with E-state index >= 15 is 0 Å². The molecule has 0 atom stereocenters. The van der Waals surface area contributed by atoms with Crippen molar-refractivity contribution in [1.29, 1.82) is 0 Å². The predicted molar refractivity (Wildman–Crippen MR) is 78.6 cm³/mol. The van der Waals surface area contributed by atoms with Crippen LogP contribution in [0.15, 0.2) is 0 Å². The lowest BCUT2D eigenvalue weighted by Gasteiger charge is -2.34. The van der Waals surface area contributed by atoms with Gasteiger partial charge in [-0.3, -0.25) is 0 Å². The van der Waals surface area contributed by atoms with E-state index in [4.69, 9.17) is 0 Å². The summed E-state index contributed by atoms with van der Waals surface area (Å²) in [7, 11) is 0. The molecule has 0 radical (unpaired) electrons. The first-order valence-electron chi connectivity index (χ1n) is 7.09. The molecular formula is C15H34N2. The summed E-state index contributed by atoms with van der Waals surface area (Å²) >= 11 is 0. The van der Waals surface area contributed by atoms with Crippen LogP contribution in [-0.4, -0.2) is 48.1 Å². The average Bonchev–Trinajstić information content (AvgIpc) is 2.16. The first-order chi connectivity index (χ1) is 7.61. The van der Waals surface area contributed by atoms with Crippen molar-refractivity contribution in [2.24, 2.45) is 0 Å². The molecule has 2 saturated heterocycles. The van der Waals surface area contributed by atoms with Gasteiger partial charge in [0.15, 0.2) is 0 Å². The maximum atomic E-state index is 2.56. The lowest BCUT2D eigenvalue weighted by molar-refractivity contribution is 0.138. The third-order valence-electron chi connectivity index (χ3n) is 3.74. The van der Waals surface area contributed by atoms with Crippen molar-refractivity contribution in [3.63, 3.8) is 0 Å². The molecule has 0 aromatic heterocycles. The van der Waals surface area contributed by atoms with Crippen molar-refractivity contribution in [2.75, 3.05) is 26.2 Å². The van der Waals surface area contributed by atoms with E-state index in [2.05, 4.69) is 37.5 Å². The Balaban J connectivity index is 0.000000292. The smallest absolute Gasteiger partial charge is 0.00386 e. The first-order valence-corrected chi connectivity index (χ1v) is 7.09. The van der Waals surface area contributed by atoms with Gasteiger partial charge >= 0.3 is 0 Å². The number of hydrogen-bond acceptors (Lipinski definition) is 2. The van der Waals surface area contributed by atoms with E-state index < -0.39 is 0 Å². The van der Waals surface area contributed by atoms with Crippen LogP contribution in [0.1, 0.15) is 60.8 Å². The second-order valence-corrected chi connectivity index (χ2v) is 5.67. The zero-order valence-electron chi connectivity index (χ0n) is 11.7. The van der Waals surface area contributed by atoms with Crippen molar-refractivity contribution in [3.05, 3.63) is 0 Å². The number of likely N-dealkylation sites (tertiary alicyclic amines) is 2. The lowest BCUT2D eigenvalue weighted by Crippen LogP contribution is -2.41. The molecule has 0 saturated carbocycles. The molecule has 0 N–H and O–H groups in total. The summed E-state index contributed by atoms with van der Waals surface area (Å²) in [5.41, 5.74) is 0. The fraction of sp³-hybridized carbons (Fsp3) is 1.00. The molecule has 2 rings (SSSR count). The van der Waals surface area contributed by atoms with Crippen LogP contribution in [0.5, 0.6) is 0 Å². The van der Waals surface area contributed by atoms with Crippen LogP contribution in [0, 0.1) is 0 Å². The summed E-state index contributed by atoms with van der Waals surface area (Å²) in [4.78, 5) is 5.03. The Bertz CT molecular complexity index is 168. The molecule has 2 heteroatoms. The molecular weight excluding hydrogens is 208 g/mol. The molecule has 0 aromatic rings. The van der Waals surface area contributed by atoms with Gasteiger partial charge in [-0.15, -0.1) is 0 Å². The zero-order chi connectivity index (χ0) is 12.0. The Morgan fingerprint density at radius 2 is 0.941 bits per heavy atom. The van der Waals surface area contributed by atoms with Gasteiger partial charge in [-0.05, 0) is 73.1 Å². The Kier molecular flexibility index (Phi) is 8.89. The number of hydrogen-bond donors (Lipinski definition) is 0. The predicted octanol–water partition coefficient (Wildman–Crippen LogP) is 3.62. The Morgan fingerprint density at radius 1 is 0.588 bits per heavy atom.